The van der Waals surface area contributed by atoms with Gasteiger partial charge in [0.05, 0.1) is 35.7 Å². The zero-order valence-electron chi connectivity index (χ0n) is 20.1. The van der Waals surface area contributed by atoms with Crippen molar-refractivity contribution in [2.75, 3.05) is 31.6 Å². The number of benzene rings is 2. The zero-order valence-corrected chi connectivity index (χ0v) is 20.9. The van der Waals surface area contributed by atoms with E-state index in [1.807, 2.05) is 55.5 Å². The summed E-state index contributed by atoms with van der Waals surface area (Å²) in [6.07, 6.45) is 1.50. The number of para-hydroxylation sites is 1. The fraction of sp³-hybridized carbons (Fsp3) is 0.222. The molecule has 186 valence electrons. The Kier molecular flexibility index (Phi) is 6.11. The number of nitrogens with one attached hydrogen (secondary N) is 1. The molecule has 10 heteroatoms. The van der Waals surface area contributed by atoms with E-state index in [-0.39, 0.29) is 17.5 Å². The lowest BCUT2D eigenvalue weighted by molar-refractivity contribution is 0.0304. The first-order valence-electron chi connectivity index (χ1n) is 12.0. The predicted molar refractivity (Wildman–Crippen MR) is 144 cm³/mol. The third-order valence-corrected chi connectivity index (χ3v) is 7.28. The summed E-state index contributed by atoms with van der Waals surface area (Å²) >= 11 is 1.44. The van der Waals surface area contributed by atoms with Crippen molar-refractivity contribution >= 4 is 44.2 Å². The molecule has 0 spiro atoms. The molecule has 1 N–H and O–H groups in total. The van der Waals surface area contributed by atoms with Gasteiger partial charge in [-0.25, -0.2) is 15.0 Å². The van der Waals surface area contributed by atoms with Crippen LogP contribution in [0.2, 0.25) is 0 Å². The molecule has 1 atom stereocenters. The molecule has 0 bridgehead atoms. The number of morpholine rings is 1. The number of nitrogens with zero attached hydrogens (tertiary/aromatic N) is 5. The van der Waals surface area contributed by atoms with Gasteiger partial charge in [-0.2, -0.15) is 0 Å². The molecule has 1 amide bonds. The van der Waals surface area contributed by atoms with Crippen molar-refractivity contribution in [3.05, 3.63) is 88.0 Å². The molecule has 3 aromatic heterocycles. The van der Waals surface area contributed by atoms with Crippen LogP contribution in [0.3, 0.4) is 0 Å². The van der Waals surface area contributed by atoms with Crippen LogP contribution < -0.4 is 10.9 Å². The molecule has 0 aliphatic carbocycles. The summed E-state index contributed by atoms with van der Waals surface area (Å²) in [5.41, 5.74) is 4.03. The molecule has 1 aliphatic heterocycles. The number of carbonyl (C=O) groups is 1. The third kappa shape index (κ3) is 4.24. The number of ether oxygens (including phenoxy) is 1. The normalized spacial score (nSPS) is 14.7. The Balaban J connectivity index is 1.51. The van der Waals surface area contributed by atoms with Crippen LogP contribution in [0.5, 0.6) is 0 Å². The van der Waals surface area contributed by atoms with E-state index in [0.717, 1.165) is 10.5 Å². The molecule has 37 heavy (non-hydrogen) atoms. The summed E-state index contributed by atoms with van der Waals surface area (Å²) < 4.78 is 7.08. The van der Waals surface area contributed by atoms with Crippen molar-refractivity contribution in [2.45, 2.75) is 13.0 Å². The summed E-state index contributed by atoms with van der Waals surface area (Å²) in [6, 6.07) is 16.6. The van der Waals surface area contributed by atoms with Crippen LogP contribution in [0.1, 0.15) is 29.0 Å². The molecule has 0 saturated carbocycles. The molecule has 6 rings (SSSR count). The topological polar surface area (TPSA) is 102 Å². The minimum absolute atomic E-state index is 0.156. The van der Waals surface area contributed by atoms with Gasteiger partial charge in [0.15, 0.2) is 5.82 Å². The van der Waals surface area contributed by atoms with Crippen molar-refractivity contribution in [3.8, 4) is 5.69 Å². The maximum Gasteiger partial charge on any atom is 0.264 e. The van der Waals surface area contributed by atoms with E-state index in [9.17, 15) is 9.59 Å². The highest BCUT2D eigenvalue weighted by molar-refractivity contribution is 7.16. The van der Waals surface area contributed by atoms with Gasteiger partial charge in [-0.15, -0.1) is 11.3 Å². The fourth-order valence-electron chi connectivity index (χ4n) is 4.74. The SMILES string of the molecule is C[C@H](Nc1ncnc2scnc12)c1cc2cccc(C(=O)N3CCOCC3)c2c(=O)n1-c1ccccc1. The quantitative estimate of drug-likeness (QED) is 0.379. The van der Waals surface area contributed by atoms with E-state index < -0.39 is 0 Å². The van der Waals surface area contributed by atoms with E-state index >= 15 is 0 Å². The Hall–Kier alpha value is -4.15. The first kappa shape index (κ1) is 23.3. The maximum absolute atomic E-state index is 14.2. The van der Waals surface area contributed by atoms with E-state index in [0.29, 0.717) is 59.7 Å². The summed E-state index contributed by atoms with van der Waals surface area (Å²) in [5.74, 6) is 0.443. The molecule has 1 aliphatic rings. The van der Waals surface area contributed by atoms with E-state index in [1.54, 1.807) is 21.0 Å². The van der Waals surface area contributed by atoms with E-state index in [4.69, 9.17) is 4.74 Å². The average molecular weight is 513 g/mol. The molecule has 0 radical (unpaired) electrons. The maximum atomic E-state index is 14.2. The number of carbonyl (C=O) groups excluding carboxylic acids is 1. The number of amides is 1. The lowest BCUT2D eigenvalue weighted by Crippen LogP contribution is -2.41. The molecule has 4 heterocycles. The number of thiazole rings is 1. The molecule has 1 fully saturated rings. The Morgan fingerprint density at radius 2 is 1.86 bits per heavy atom. The second-order valence-electron chi connectivity index (χ2n) is 8.81. The monoisotopic (exact) mass is 512 g/mol. The van der Waals surface area contributed by atoms with Gasteiger partial charge >= 0.3 is 0 Å². The average Bonchev–Trinajstić information content (AvgIpc) is 3.43. The van der Waals surface area contributed by atoms with E-state index in [2.05, 4.69) is 20.3 Å². The summed E-state index contributed by atoms with van der Waals surface area (Å²) in [6.45, 7) is 3.97. The van der Waals surface area contributed by atoms with Crippen molar-refractivity contribution in [3.63, 3.8) is 0 Å². The lowest BCUT2D eigenvalue weighted by atomic mass is 10.0. The van der Waals surface area contributed by atoms with Gasteiger partial charge in [-0.3, -0.25) is 14.2 Å². The molecule has 2 aromatic carbocycles. The Morgan fingerprint density at radius 3 is 2.68 bits per heavy atom. The Bertz CT molecular complexity index is 1660. The highest BCUT2D eigenvalue weighted by Crippen LogP contribution is 2.28. The van der Waals surface area contributed by atoms with Crippen LogP contribution in [0.15, 0.2) is 71.2 Å². The number of pyridine rings is 1. The summed E-state index contributed by atoms with van der Waals surface area (Å²) in [4.78, 5) is 43.3. The molecule has 5 aromatic rings. The third-order valence-electron chi connectivity index (χ3n) is 6.55. The van der Waals surface area contributed by atoms with Gasteiger partial charge < -0.3 is 15.0 Å². The minimum atomic E-state index is -0.310. The minimum Gasteiger partial charge on any atom is -0.378 e. The zero-order chi connectivity index (χ0) is 25.4. The summed E-state index contributed by atoms with van der Waals surface area (Å²) in [5, 5.41) is 4.54. The standard InChI is InChI=1S/C27H24N6O3S/c1-17(31-24-23-25(29-15-28-24)37-16-30-23)21-14-18-6-5-9-20(26(34)32-10-12-36-13-11-32)22(18)27(35)33(21)19-7-3-2-4-8-19/h2-9,14-17H,10-13H2,1H3,(H,28,29,31)/t17-/m0/s1. The van der Waals surface area contributed by atoms with Gasteiger partial charge in [-0.05, 0) is 36.6 Å². The van der Waals surface area contributed by atoms with Crippen LogP contribution in [-0.2, 0) is 4.74 Å². The lowest BCUT2D eigenvalue weighted by Gasteiger charge is -2.27. The van der Waals surface area contributed by atoms with Crippen LogP contribution in [0, 0.1) is 0 Å². The van der Waals surface area contributed by atoms with Gasteiger partial charge in [-0.1, -0.05) is 30.3 Å². The number of rotatable bonds is 5. The van der Waals surface area contributed by atoms with Crippen LogP contribution in [-0.4, -0.2) is 56.6 Å². The molecule has 1 saturated heterocycles. The van der Waals surface area contributed by atoms with Crippen LogP contribution in [0.4, 0.5) is 5.82 Å². The number of fused-ring (bicyclic) bond motifs is 2. The number of anilines is 1. The Labute approximate surface area is 216 Å². The van der Waals surface area contributed by atoms with E-state index in [1.165, 1.54) is 17.7 Å². The highest BCUT2D eigenvalue weighted by atomic mass is 32.1. The van der Waals surface area contributed by atoms with Gasteiger partial charge in [0.25, 0.3) is 11.5 Å². The van der Waals surface area contributed by atoms with Gasteiger partial charge in [0.1, 0.15) is 16.7 Å². The van der Waals surface area contributed by atoms with Crippen molar-refractivity contribution in [1.82, 2.24) is 24.4 Å². The van der Waals surface area contributed by atoms with Crippen LogP contribution >= 0.6 is 11.3 Å². The highest BCUT2D eigenvalue weighted by Gasteiger charge is 2.24. The second kappa shape index (κ2) is 9.72. The first-order chi connectivity index (χ1) is 18.1. The van der Waals surface area contributed by atoms with Crippen molar-refractivity contribution < 1.29 is 9.53 Å². The Morgan fingerprint density at radius 1 is 1.05 bits per heavy atom. The van der Waals surface area contributed by atoms with Gasteiger partial charge in [0.2, 0.25) is 0 Å². The predicted octanol–water partition coefficient (Wildman–Crippen LogP) is 4.04. The first-order valence-corrected chi connectivity index (χ1v) is 12.9. The molecule has 9 nitrogen and oxygen atoms in total. The van der Waals surface area contributed by atoms with Crippen molar-refractivity contribution in [1.29, 1.82) is 0 Å². The van der Waals surface area contributed by atoms with Gasteiger partial charge in [0, 0.05) is 24.5 Å². The smallest absolute Gasteiger partial charge is 0.264 e. The number of aromatic nitrogens is 4. The number of hydrogen-bond acceptors (Lipinski definition) is 8. The molecular weight excluding hydrogens is 488 g/mol. The fourth-order valence-corrected chi connectivity index (χ4v) is 5.36. The molecular formula is C27H24N6O3S. The summed E-state index contributed by atoms with van der Waals surface area (Å²) in [7, 11) is 0. The van der Waals surface area contributed by atoms with Crippen molar-refractivity contribution in [2.24, 2.45) is 0 Å². The molecule has 0 unspecified atom stereocenters. The largest absolute Gasteiger partial charge is 0.378 e. The second-order valence-corrected chi connectivity index (χ2v) is 9.65. The van der Waals surface area contributed by atoms with Crippen LogP contribution in [0.25, 0.3) is 26.8 Å². The number of hydrogen-bond donors (Lipinski definition) is 1.